The maximum absolute atomic E-state index is 6.17. The van der Waals surface area contributed by atoms with Crippen LogP contribution in [0, 0.1) is 0 Å². The average molecular weight is 1160 g/mol. The summed E-state index contributed by atoms with van der Waals surface area (Å²) in [6, 6.07) is 109. The molecule has 0 unspecified atom stereocenters. The van der Waals surface area contributed by atoms with E-state index in [1.807, 2.05) is 97.1 Å². The molecule has 0 aliphatic heterocycles. The normalized spacial score (nSPS) is 11.3. The lowest BCUT2D eigenvalue weighted by Crippen LogP contribution is -2.10. The van der Waals surface area contributed by atoms with Crippen molar-refractivity contribution in [2.24, 2.45) is 0 Å². The van der Waals surface area contributed by atoms with Gasteiger partial charge in [0.25, 0.3) is 0 Å². The second-order valence-electron chi connectivity index (χ2n) is 21.9. The number of hydrogen-bond donors (Lipinski definition) is 0. The lowest BCUT2D eigenvalue weighted by Gasteiger charge is -2.26. The molecule has 0 aliphatic rings. The molecule has 13 aromatic carbocycles. The van der Waals surface area contributed by atoms with Crippen LogP contribution in [0.3, 0.4) is 0 Å². The predicted octanol–water partition coefficient (Wildman–Crippen LogP) is 21.0. The Hall–Kier alpha value is -12.4. The Morgan fingerprint density at radius 3 is 0.844 bits per heavy atom. The fourth-order valence-electron chi connectivity index (χ4n) is 12.1. The van der Waals surface area contributed by atoms with Gasteiger partial charge in [0.1, 0.15) is 0 Å². The fraction of sp³-hybridized carbons (Fsp3) is 0. The molecule has 424 valence electrons. The van der Waals surface area contributed by atoms with E-state index in [1.54, 1.807) is 0 Å². The summed E-state index contributed by atoms with van der Waals surface area (Å²) in [6.45, 7) is 0. The third kappa shape index (κ3) is 10.1. The molecule has 0 saturated heterocycles. The highest BCUT2D eigenvalue weighted by Gasteiger charge is 2.24. The molecule has 0 bridgehead atoms. The average Bonchev–Trinajstić information content (AvgIpc) is 0.904. The van der Waals surface area contributed by atoms with Crippen molar-refractivity contribution in [2.75, 3.05) is 9.80 Å². The van der Waals surface area contributed by atoms with Crippen LogP contribution in [0.25, 0.3) is 123 Å². The fourth-order valence-corrected chi connectivity index (χ4v) is 12.1. The first-order valence-electron chi connectivity index (χ1n) is 29.8. The molecule has 0 N–H and O–H groups in total. The van der Waals surface area contributed by atoms with Crippen molar-refractivity contribution in [1.82, 2.24) is 30.4 Å². The molecular weight excluding hydrogens is 1100 g/mol. The molecule has 0 spiro atoms. The third-order valence-electron chi connectivity index (χ3n) is 16.4. The number of rotatable bonds is 14. The molecule has 16 rings (SSSR count). The van der Waals surface area contributed by atoms with Gasteiger partial charge < -0.3 is 18.6 Å². The maximum atomic E-state index is 6.17. The van der Waals surface area contributed by atoms with E-state index in [2.05, 4.69) is 249 Å². The number of fused-ring (bicyclic) bond motifs is 3. The number of nitrogens with zero attached hydrogens (tertiary/aromatic N) is 8. The van der Waals surface area contributed by atoms with E-state index in [-0.39, 0.29) is 0 Å². The van der Waals surface area contributed by atoms with Crippen LogP contribution >= 0.6 is 0 Å². The summed E-state index contributed by atoms with van der Waals surface area (Å²) in [6.07, 6.45) is 0. The summed E-state index contributed by atoms with van der Waals surface area (Å²) in [5, 5.41) is 22.1. The molecule has 3 aromatic heterocycles. The Kier molecular flexibility index (Phi) is 13.6. The summed E-state index contributed by atoms with van der Waals surface area (Å²) in [5.41, 5.74) is 18.3. The molecule has 16 aromatic rings. The Balaban J connectivity index is 0.839. The molecule has 10 nitrogen and oxygen atoms in total. The van der Waals surface area contributed by atoms with Gasteiger partial charge in [-0.3, -0.25) is 0 Å². The predicted molar refractivity (Wildman–Crippen MR) is 363 cm³/mol. The van der Waals surface area contributed by atoms with Crippen LogP contribution in [0.4, 0.5) is 34.1 Å². The lowest BCUT2D eigenvalue weighted by molar-refractivity contribution is 0.584. The van der Waals surface area contributed by atoms with Crippen molar-refractivity contribution in [3.05, 3.63) is 315 Å². The Bertz CT molecular complexity index is 4880. The highest BCUT2D eigenvalue weighted by Crippen LogP contribution is 2.45. The SMILES string of the molecule is c1ccc(-c2nnc(-c3ccc(N(c4ccccc4)c4ccc(-c5nc6c(-c7cccc8ccccc78)ccc(-c7cccc8ccccc78)c6nc5-c5ccc(N(c6ccccc6)c6ccc(-c7nnc(-c8ccccc8)o7)cc6)cc5)cc4)cc3)o2)cc1. The van der Waals surface area contributed by atoms with Crippen LogP contribution < -0.4 is 9.80 Å². The minimum atomic E-state index is 0.449. The standard InChI is InChI=1S/C80H52N8O2/c1-5-21-57(22-6-1)77-83-85-79(89-77)59-39-47-65(48-40-59)87(61-27-9-3-10-28-61)63-43-35-55(36-44-63)73-74(82-76-72(70-34-18-26-54-20-14-16-32-68(54)70)52-51-71(75(76)81-73)69-33-17-25-53-19-13-15-31-67(53)69)56-37-45-64(46-38-56)88(62-29-11-4-12-30-62)66-49-41-60(42-50-66)80-86-84-78(90-80)58-23-7-2-8-24-58/h1-52H. The van der Waals surface area contributed by atoms with E-state index < -0.39 is 0 Å². The van der Waals surface area contributed by atoms with Crippen LogP contribution in [-0.2, 0) is 0 Å². The van der Waals surface area contributed by atoms with Gasteiger partial charge in [0.2, 0.25) is 23.6 Å². The number of benzene rings is 13. The number of para-hydroxylation sites is 2. The monoisotopic (exact) mass is 1160 g/mol. The molecule has 0 radical (unpaired) electrons. The van der Waals surface area contributed by atoms with E-state index >= 15 is 0 Å². The Morgan fingerprint density at radius 2 is 0.489 bits per heavy atom. The van der Waals surface area contributed by atoms with Crippen molar-refractivity contribution in [3.8, 4) is 90.6 Å². The van der Waals surface area contributed by atoms with Crippen LogP contribution in [0.1, 0.15) is 0 Å². The van der Waals surface area contributed by atoms with Crippen molar-refractivity contribution in [3.63, 3.8) is 0 Å². The second-order valence-corrected chi connectivity index (χ2v) is 21.9. The highest BCUT2D eigenvalue weighted by atomic mass is 16.4. The summed E-state index contributed by atoms with van der Waals surface area (Å²) < 4.78 is 12.3. The van der Waals surface area contributed by atoms with Gasteiger partial charge in [0.05, 0.1) is 22.4 Å². The van der Waals surface area contributed by atoms with Crippen molar-refractivity contribution in [1.29, 1.82) is 0 Å². The Morgan fingerprint density at radius 1 is 0.211 bits per heavy atom. The molecule has 0 amide bonds. The first kappa shape index (κ1) is 53.1. The topological polar surface area (TPSA) is 110 Å². The minimum absolute atomic E-state index is 0.449. The summed E-state index contributed by atoms with van der Waals surface area (Å²) in [7, 11) is 0. The zero-order valence-electron chi connectivity index (χ0n) is 48.4. The number of hydrogen-bond acceptors (Lipinski definition) is 10. The van der Waals surface area contributed by atoms with Gasteiger partial charge >= 0.3 is 0 Å². The maximum Gasteiger partial charge on any atom is 0.248 e. The van der Waals surface area contributed by atoms with Gasteiger partial charge in [-0.2, -0.15) is 0 Å². The molecule has 0 saturated carbocycles. The van der Waals surface area contributed by atoms with Crippen LogP contribution in [0.5, 0.6) is 0 Å². The van der Waals surface area contributed by atoms with Crippen LogP contribution in [0.15, 0.2) is 324 Å². The quantitative estimate of drug-likeness (QED) is 0.104. The number of aromatic nitrogens is 6. The first-order valence-corrected chi connectivity index (χ1v) is 29.8. The molecule has 0 aliphatic carbocycles. The summed E-state index contributed by atoms with van der Waals surface area (Å²) in [5.74, 6) is 1.84. The summed E-state index contributed by atoms with van der Waals surface area (Å²) in [4.78, 5) is 16.3. The molecule has 0 fully saturated rings. The van der Waals surface area contributed by atoms with Gasteiger partial charge in [0, 0.05) is 78.6 Å². The zero-order valence-corrected chi connectivity index (χ0v) is 48.4. The van der Waals surface area contributed by atoms with E-state index in [0.29, 0.717) is 23.6 Å². The van der Waals surface area contributed by atoms with E-state index in [1.165, 1.54) is 0 Å². The van der Waals surface area contributed by atoms with Gasteiger partial charge in [0.15, 0.2) is 0 Å². The molecule has 3 heterocycles. The lowest BCUT2D eigenvalue weighted by atomic mass is 9.91. The van der Waals surface area contributed by atoms with Gasteiger partial charge in [-0.15, -0.1) is 20.4 Å². The van der Waals surface area contributed by atoms with Crippen molar-refractivity contribution < 1.29 is 8.83 Å². The molecule has 10 heteroatoms. The van der Waals surface area contributed by atoms with Gasteiger partial charge in [-0.25, -0.2) is 9.97 Å². The largest absolute Gasteiger partial charge is 0.416 e. The molecule has 90 heavy (non-hydrogen) atoms. The second kappa shape index (κ2) is 23.1. The highest BCUT2D eigenvalue weighted by molar-refractivity contribution is 6.11. The minimum Gasteiger partial charge on any atom is -0.416 e. The summed E-state index contributed by atoms with van der Waals surface area (Å²) >= 11 is 0. The zero-order chi connectivity index (χ0) is 59.7. The number of anilines is 6. The molecule has 0 atom stereocenters. The van der Waals surface area contributed by atoms with Crippen LogP contribution in [0.2, 0.25) is 0 Å². The van der Waals surface area contributed by atoms with E-state index in [0.717, 1.165) is 134 Å². The van der Waals surface area contributed by atoms with Crippen molar-refractivity contribution >= 4 is 66.7 Å². The van der Waals surface area contributed by atoms with Gasteiger partial charge in [-0.1, -0.05) is 194 Å². The third-order valence-corrected chi connectivity index (χ3v) is 16.4. The molecular formula is C80H52N8O2. The Labute approximate surface area is 519 Å². The van der Waals surface area contributed by atoms with E-state index in [4.69, 9.17) is 18.8 Å². The first-order chi connectivity index (χ1) is 44.6. The van der Waals surface area contributed by atoms with Gasteiger partial charge in [-0.05, 0) is 154 Å². The smallest absolute Gasteiger partial charge is 0.248 e. The van der Waals surface area contributed by atoms with Crippen LogP contribution in [-0.4, -0.2) is 30.4 Å². The van der Waals surface area contributed by atoms with Crippen molar-refractivity contribution in [2.45, 2.75) is 0 Å². The van der Waals surface area contributed by atoms with E-state index in [9.17, 15) is 0 Å².